The third kappa shape index (κ3) is 4.65. The molecule has 0 bridgehead atoms. The maximum absolute atomic E-state index is 14.3. The molecule has 8 atom stereocenters. The molecule has 5 fully saturated rings. The maximum atomic E-state index is 14.3. The van der Waals surface area contributed by atoms with Crippen LogP contribution in [0.4, 0.5) is 8.78 Å². The largest absolute Gasteiger partial charge is 0.462 e. The van der Waals surface area contributed by atoms with Crippen LogP contribution in [0, 0.1) is 50.7 Å². The highest BCUT2D eigenvalue weighted by Gasteiger charge is 2.71. The van der Waals surface area contributed by atoms with E-state index in [-0.39, 0.29) is 95.4 Å². The summed E-state index contributed by atoms with van der Waals surface area (Å²) in [4.78, 5) is 40.2. The molecule has 0 heterocycles. The van der Waals surface area contributed by atoms with Crippen molar-refractivity contribution in [2.75, 3.05) is 0 Å². The van der Waals surface area contributed by atoms with Crippen LogP contribution in [-0.2, 0) is 19.1 Å². The lowest BCUT2D eigenvalue weighted by molar-refractivity contribution is -0.254. The lowest BCUT2D eigenvalue weighted by Crippen LogP contribution is -2.68. The van der Waals surface area contributed by atoms with Gasteiger partial charge in [-0.15, -0.1) is 0 Å². The van der Waals surface area contributed by atoms with Crippen molar-refractivity contribution < 1.29 is 27.9 Å². The van der Waals surface area contributed by atoms with Crippen molar-refractivity contribution in [3.8, 4) is 0 Å². The van der Waals surface area contributed by atoms with Crippen LogP contribution >= 0.6 is 0 Å². The van der Waals surface area contributed by atoms with Gasteiger partial charge in [-0.05, 0) is 115 Å². The minimum absolute atomic E-state index is 0.0426. The monoisotopic (exact) mass is 629 g/mol. The molecular weight excluding hydrogens is 572 g/mol. The zero-order chi connectivity index (χ0) is 33.0. The van der Waals surface area contributed by atoms with Gasteiger partial charge in [-0.1, -0.05) is 48.5 Å². The van der Waals surface area contributed by atoms with Crippen molar-refractivity contribution in [2.24, 2.45) is 50.7 Å². The molecule has 6 rings (SSSR count). The van der Waals surface area contributed by atoms with E-state index in [1.165, 1.54) is 6.92 Å². The van der Waals surface area contributed by atoms with Crippen LogP contribution in [0.2, 0.25) is 0 Å². The summed E-state index contributed by atoms with van der Waals surface area (Å²) in [7, 11) is 0. The molecule has 0 aromatic heterocycles. The second kappa shape index (κ2) is 10.6. The average Bonchev–Trinajstić information content (AvgIpc) is 3.26. The minimum Gasteiger partial charge on any atom is -0.462 e. The fraction of sp³-hybridized carbons (Fsp3) is 0.868. The topological polar surface area (TPSA) is 72.5 Å². The van der Waals surface area contributed by atoms with Gasteiger partial charge < -0.3 is 10.1 Å². The summed E-state index contributed by atoms with van der Waals surface area (Å²) in [5, 5.41) is 3.21. The van der Waals surface area contributed by atoms with Crippen molar-refractivity contribution in [1.29, 1.82) is 0 Å². The summed E-state index contributed by atoms with van der Waals surface area (Å²) in [6.45, 7) is 17.9. The first-order valence-corrected chi connectivity index (χ1v) is 18.0. The van der Waals surface area contributed by atoms with Gasteiger partial charge in [0.1, 0.15) is 6.10 Å². The molecule has 0 aromatic rings. The Hall–Kier alpha value is -1.79. The Labute approximate surface area is 269 Å². The molecule has 0 aromatic carbocycles. The Kier molecular flexibility index (Phi) is 7.81. The van der Waals surface area contributed by atoms with E-state index >= 15 is 0 Å². The molecular formula is C38H57F2NO4. The normalized spacial score (nSPS) is 44.0. The van der Waals surface area contributed by atoms with Crippen molar-refractivity contribution in [3.05, 3.63) is 11.1 Å². The molecule has 6 aliphatic carbocycles. The first-order chi connectivity index (χ1) is 20.8. The van der Waals surface area contributed by atoms with Gasteiger partial charge in [0.15, 0.2) is 5.78 Å². The number of carbonyl (C=O) groups is 3. The van der Waals surface area contributed by atoms with Gasteiger partial charge in [0.2, 0.25) is 11.8 Å². The van der Waals surface area contributed by atoms with E-state index < -0.39 is 11.3 Å². The number of alkyl halides is 2. The molecule has 5 saturated carbocycles. The molecule has 6 aliphatic rings. The fourth-order valence-corrected chi connectivity index (χ4v) is 12.8. The molecule has 45 heavy (non-hydrogen) atoms. The van der Waals surface area contributed by atoms with Crippen LogP contribution in [0.3, 0.4) is 0 Å². The van der Waals surface area contributed by atoms with E-state index in [1.54, 1.807) is 0 Å². The number of ether oxygens (including phenoxy) is 1. The van der Waals surface area contributed by atoms with Crippen LogP contribution in [0.25, 0.3) is 0 Å². The number of hydrogen-bond acceptors (Lipinski definition) is 4. The van der Waals surface area contributed by atoms with E-state index in [2.05, 4.69) is 53.8 Å². The highest BCUT2D eigenvalue weighted by molar-refractivity contribution is 6.07. The summed E-state index contributed by atoms with van der Waals surface area (Å²) in [6, 6.07) is -0.253. The van der Waals surface area contributed by atoms with Crippen LogP contribution < -0.4 is 5.32 Å². The van der Waals surface area contributed by atoms with Gasteiger partial charge in [0, 0.05) is 37.6 Å². The van der Waals surface area contributed by atoms with E-state index in [1.807, 2.05) is 0 Å². The summed E-state index contributed by atoms with van der Waals surface area (Å²) in [5.74, 6) is -1.76. The number of halogens is 2. The number of hydrogen-bond donors (Lipinski definition) is 1. The highest BCUT2D eigenvalue weighted by atomic mass is 19.3. The van der Waals surface area contributed by atoms with Gasteiger partial charge in [0.05, 0.1) is 5.41 Å². The van der Waals surface area contributed by atoms with Gasteiger partial charge >= 0.3 is 5.97 Å². The number of fused-ring (bicyclic) bond motifs is 7. The Morgan fingerprint density at radius 1 is 0.844 bits per heavy atom. The van der Waals surface area contributed by atoms with E-state index in [9.17, 15) is 23.2 Å². The number of amides is 1. The number of carbonyl (C=O) groups excluding carboxylic acids is 3. The zero-order valence-corrected chi connectivity index (χ0v) is 29.0. The van der Waals surface area contributed by atoms with E-state index in [0.29, 0.717) is 18.3 Å². The second-order valence-electron chi connectivity index (χ2n) is 17.8. The van der Waals surface area contributed by atoms with Gasteiger partial charge in [-0.3, -0.25) is 14.4 Å². The molecule has 1 N–H and O–H groups in total. The Bertz CT molecular complexity index is 1290. The maximum Gasteiger partial charge on any atom is 0.302 e. The molecule has 0 aliphatic heterocycles. The number of esters is 1. The average molecular weight is 630 g/mol. The number of Topliss-reactive ketones (excluding diaryl/α,β-unsaturated/α-hetero) is 1. The predicted molar refractivity (Wildman–Crippen MR) is 170 cm³/mol. The van der Waals surface area contributed by atoms with E-state index in [0.717, 1.165) is 56.1 Å². The summed E-state index contributed by atoms with van der Waals surface area (Å²) >= 11 is 0. The second-order valence-corrected chi connectivity index (χ2v) is 17.8. The number of rotatable bonds is 4. The first kappa shape index (κ1) is 33.1. The summed E-state index contributed by atoms with van der Waals surface area (Å²) in [5.41, 5.74) is 1.24. The van der Waals surface area contributed by atoms with Crippen LogP contribution in [0.15, 0.2) is 11.1 Å². The van der Waals surface area contributed by atoms with E-state index in [4.69, 9.17) is 4.74 Å². The van der Waals surface area contributed by atoms with Gasteiger partial charge in [-0.2, -0.15) is 0 Å². The van der Waals surface area contributed by atoms with Crippen molar-refractivity contribution >= 4 is 17.7 Å². The Morgan fingerprint density at radius 3 is 2.11 bits per heavy atom. The third-order valence-electron chi connectivity index (χ3n) is 15.3. The fourth-order valence-electron chi connectivity index (χ4n) is 12.8. The molecule has 7 heteroatoms. The Balaban J connectivity index is 1.34. The van der Waals surface area contributed by atoms with Gasteiger partial charge in [-0.25, -0.2) is 8.78 Å². The molecule has 4 unspecified atom stereocenters. The molecule has 5 nitrogen and oxygen atoms in total. The third-order valence-corrected chi connectivity index (χ3v) is 15.3. The molecule has 0 spiro atoms. The predicted octanol–water partition coefficient (Wildman–Crippen LogP) is 8.59. The van der Waals surface area contributed by atoms with Crippen LogP contribution in [-0.4, -0.2) is 35.7 Å². The van der Waals surface area contributed by atoms with Crippen molar-refractivity contribution in [2.45, 2.75) is 157 Å². The SMILES string of the molecule is CC(=O)O[C@H]1CC[C@@]2(C)C(CC[C@@]3(C)C4CCC5(C(=O)NC6CCC(F)(F)CC6)CC(=O)C(C(C)C)=C5C4CC[C@@]32C)C1(C)C. The zero-order valence-electron chi connectivity index (χ0n) is 29.0. The smallest absolute Gasteiger partial charge is 0.302 e. The number of allylic oxidation sites excluding steroid dienone is 1. The number of ketones is 1. The van der Waals surface area contributed by atoms with Crippen LogP contribution in [0.1, 0.15) is 139 Å². The lowest BCUT2D eigenvalue weighted by Gasteiger charge is -2.73. The Morgan fingerprint density at radius 2 is 1.49 bits per heavy atom. The van der Waals surface area contributed by atoms with Crippen molar-refractivity contribution in [1.82, 2.24) is 5.32 Å². The molecule has 0 saturated heterocycles. The molecule has 0 radical (unpaired) electrons. The number of nitrogens with one attached hydrogen (secondary N) is 1. The first-order valence-electron chi connectivity index (χ1n) is 18.0. The van der Waals surface area contributed by atoms with Gasteiger partial charge in [0.25, 0.3) is 0 Å². The summed E-state index contributed by atoms with van der Waals surface area (Å²) in [6.07, 6.45) is 8.04. The lowest BCUT2D eigenvalue weighted by atomic mass is 9.31. The van der Waals surface area contributed by atoms with Crippen LogP contribution in [0.5, 0.6) is 0 Å². The van der Waals surface area contributed by atoms with Crippen molar-refractivity contribution in [3.63, 3.8) is 0 Å². The molecule has 1 amide bonds. The summed E-state index contributed by atoms with van der Waals surface area (Å²) < 4.78 is 33.8. The standard InChI is InChI=1S/C38H57F2NO4/c1-22(2)30-27(43)21-37(32(44)41-24-9-19-38(39,40)20-10-24)18-12-26-25(31(30)37)11-17-36(8)34(26,6)15-13-28-33(4,5)29(45-23(3)42)14-16-35(28,36)7/h22,24-26,28-29H,9-21H2,1-8H3,(H,41,44)/t25?,26?,28?,29-,34-,35-,36-,37?/m0/s1. The minimum atomic E-state index is -2.65. The quantitative estimate of drug-likeness (QED) is 0.316. The molecule has 252 valence electrons. The highest BCUT2D eigenvalue weighted by Crippen LogP contribution is 2.77.